The van der Waals surface area contributed by atoms with E-state index in [1.165, 1.54) is 0 Å². The van der Waals surface area contributed by atoms with Crippen LogP contribution in [0.4, 0.5) is 0 Å². The molecule has 0 fully saturated rings. The van der Waals surface area contributed by atoms with Gasteiger partial charge < -0.3 is 11.1 Å². The van der Waals surface area contributed by atoms with E-state index < -0.39 is 0 Å². The van der Waals surface area contributed by atoms with Crippen molar-refractivity contribution in [3.8, 4) is 0 Å². The molecule has 4 heteroatoms. The number of benzene rings is 1. The van der Waals surface area contributed by atoms with E-state index in [1.807, 2.05) is 49.0 Å². The van der Waals surface area contributed by atoms with Crippen LogP contribution >= 0.6 is 11.8 Å². The molecule has 2 unspecified atom stereocenters. The molecule has 1 aromatic rings. The number of carbonyl (C=O) groups is 1. The van der Waals surface area contributed by atoms with Crippen molar-refractivity contribution in [2.24, 2.45) is 5.73 Å². The molecule has 1 rings (SSSR count). The molecular weight excluding hydrogens is 256 g/mol. The number of thioether (sulfide) groups is 1. The van der Waals surface area contributed by atoms with Crippen molar-refractivity contribution in [2.45, 2.75) is 38.8 Å². The number of nitrogens with one attached hydrogen (secondary N) is 1. The van der Waals surface area contributed by atoms with Gasteiger partial charge in [0.05, 0.1) is 0 Å². The van der Waals surface area contributed by atoms with E-state index in [1.54, 1.807) is 0 Å². The Kier molecular flexibility index (Phi) is 7.60. The molecule has 0 aliphatic rings. The molecular formula is C15H24N2OS. The van der Waals surface area contributed by atoms with Gasteiger partial charge in [-0.25, -0.2) is 0 Å². The summed E-state index contributed by atoms with van der Waals surface area (Å²) in [6.07, 6.45) is 1.17. The molecule has 3 nitrogen and oxygen atoms in total. The van der Waals surface area contributed by atoms with Crippen molar-refractivity contribution in [1.29, 1.82) is 0 Å². The minimum Gasteiger partial charge on any atom is -0.353 e. The second-order valence-corrected chi connectivity index (χ2v) is 6.00. The summed E-state index contributed by atoms with van der Waals surface area (Å²) in [6, 6.07) is 10.1. The van der Waals surface area contributed by atoms with Crippen LogP contribution in [0.5, 0.6) is 0 Å². The van der Waals surface area contributed by atoms with Crippen molar-refractivity contribution >= 4 is 17.7 Å². The van der Waals surface area contributed by atoms with Crippen molar-refractivity contribution in [3.63, 3.8) is 0 Å². The summed E-state index contributed by atoms with van der Waals surface area (Å²) in [6.45, 7) is 4.16. The zero-order valence-corrected chi connectivity index (χ0v) is 12.6. The summed E-state index contributed by atoms with van der Waals surface area (Å²) in [5.74, 6) is 2.14. The Hall–Kier alpha value is -1.00. The number of nitrogens with two attached hydrogens (primary N) is 1. The Bertz CT molecular complexity index is 370. The fourth-order valence-corrected chi connectivity index (χ4v) is 2.51. The van der Waals surface area contributed by atoms with Crippen molar-refractivity contribution in [3.05, 3.63) is 35.9 Å². The first kappa shape index (κ1) is 16.1. The molecule has 106 valence electrons. The van der Waals surface area contributed by atoms with Gasteiger partial charge in [-0.15, -0.1) is 0 Å². The van der Waals surface area contributed by atoms with Gasteiger partial charge in [0.25, 0.3) is 0 Å². The van der Waals surface area contributed by atoms with E-state index in [4.69, 9.17) is 5.73 Å². The van der Waals surface area contributed by atoms with Gasteiger partial charge in [0, 0.05) is 24.3 Å². The third kappa shape index (κ3) is 6.64. The maximum Gasteiger partial charge on any atom is 0.220 e. The third-order valence-electron chi connectivity index (χ3n) is 2.89. The molecule has 19 heavy (non-hydrogen) atoms. The quantitative estimate of drug-likeness (QED) is 0.770. The van der Waals surface area contributed by atoms with E-state index >= 15 is 0 Å². The fourth-order valence-electron chi connectivity index (χ4n) is 1.84. The molecule has 0 spiro atoms. The van der Waals surface area contributed by atoms with Crippen LogP contribution in [0.2, 0.25) is 0 Å². The number of amides is 1. The average Bonchev–Trinajstić information content (AvgIpc) is 2.43. The van der Waals surface area contributed by atoms with E-state index in [0.717, 1.165) is 17.1 Å². The van der Waals surface area contributed by atoms with Crippen molar-refractivity contribution in [2.75, 3.05) is 11.5 Å². The smallest absolute Gasteiger partial charge is 0.220 e. The van der Waals surface area contributed by atoms with Gasteiger partial charge in [-0.3, -0.25) is 4.79 Å². The lowest BCUT2D eigenvalue weighted by Crippen LogP contribution is -2.34. The Balaban J connectivity index is 2.26. The summed E-state index contributed by atoms with van der Waals surface area (Å²) in [7, 11) is 0. The normalized spacial score (nSPS) is 13.8. The molecule has 0 bridgehead atoms. The molecule has 0 aliphatic carbocycles. The van der Waals surface area contributed by atoms with Gasteiger partial charge in [0.2, 0.25) is 5.91 Å². The van der Waals surface area contributed by atoms with Crippen LogP contribution in [0, 0.1) is 0 Å². The van der Waals surface area contributed by atoms with Crippen LogP contribution in [0.1, 0.15) is 38.3 Å². The van der Waals surface area contributed by atoms with E-state index in [2.05, 4.69) is 12.2 Å². The van der Waals surface area contributed by atoms with Gasteiger partial charge in [0.1, 0.15) is 0 Å². The second-order valence-electron chi connectivity index (χ2n) is 4.68. The van der Waals surface area contributed by atoms with Gasteiger partial charge >= 0.3 is 0 Å². The summed E-state index contributed by atoms with van der Waals surface area (Å²) in [5.41, 5.74) is 7.16. The lowest BCUT2D eigenvalue weighted by molar-refractivity contribution is -0.121. The van der Waals surface area contributed by atoms with E-state index in [-0.39, 0.29) is 18.0 Å². The summed E-state index contributed by atoms with van der Waals surface area (Å²) in [5, 5.41) is 3.01. The minimum atomic E-state index is -0.0627. The number of hydrogen-bond acceptors (Lipinski definition) is 3. The maximum atomic E-state index is 11.8. The number of hydrogen-bond donors (Lipinski definition) is 2. The van der Waals surface area contributed by atoms with E-state index in [9.17, 15) is 4.79 Å². The fraction of sp³-hybridized carbons (Fsp3) is 0.533. The topological polar surface area (TPSA) is 55.1 Å². The number of rotatable bonds is 8. The van der Waals surface area contributed by atoms with Crippen LogP contribution in [-0.2, 0) is 4.79 Å². The monoisotopic (exact) mass is 280 g/mol. The van der Waals surface area contributed by atoms with Gasteiger partial charge in [-0.05, 0) is 24.7 Å². The van der Waals surface area contributed by atoms with E-state index in [0.29, 0.717) is 12.8 Å². The molecule has 2 atom stereocenters. The molecule has 0 radical (unpaired) electrons. The predicted molar refractivity (Wildman–Crippen MR) is 83.2 cm³/mol. The zero-order chi connectivity index (χ0) is 14.1. The van der Waals surface area contributed by atoms with Gasteiger partial charge in [-0.2, -0.15) is 11.8 Å². The number of carbonyl (C=O) groups excluding carboxylic acids is 1. The lowest BCUT2D eigenvalue weighted by Gasteiger charge is -2.15. The van der Waals surface area contributed by atoms with Crippen molar-refractivity contribution < 1.29 is 4.79 Å². The molecule has 0 aliphatic heterocycles. The van der Waals surface area contributed by atoms with Crippen molar-refractivity contribution in [1.82, 2.24) is 5.32 Å². The lowest BCUT2D eigenvalue weighted by atomic mass is 10.0. The molecule has 3 N–H and O–H groups in total. The molecule has 0 heterocycles. The van der Waals surface area contributed by atoms with Crippen LogP contribution in [-0.4, -0.2) is 23.5 Å². The predicted octanol–water partition coefficient (Wildman–Crippen LogP) is 2.72. The van der Waals surface area contributed by atoms with Crippen LogP contribution in [0.25, 0.3) is 0 Å². The van der Waals surface area contributed by atoms with Gasteiger partial charge in [0.15, 0.2) is 0 Å². The summed E-state index contributed by atoms with van der Waals surface area (Å²) in [4.78, 5) is 11.8. The zero-order valence-electron chi connectivity index (χ0n) is 11.8. The maximum absolute atomic E-state index is 11.8. The van der Waals surface area contributed by atoms with Crippen LogP contribution < -0.4 is 11.1 Å². The largest absolute Gasteiger partial charge is 0.353 e. The van der Waals surface area contributed by atoms with Crippen LogP contribution in [0.15, 0.2) is 30.3 Å². The molecule has 0 saturated carbocycles. The first-order valence-corrected chi connectivity index (χ1v) is 7.96. The van der Waals surface area contributed by atoms with Crippen LogP contribution in [0.3, 0.4) is 0 Å². The highest BCUT2D eigenvalue weighted by atomic mass is 32.2. The first-order valence-electron chi connectivity index (χ1n) is 6.81. The Morgan fingerprint density at radius 1 is 1.37 bits per heavy atom. The summed E-state index contributed by atoms with van der Waals surface area (Å²) < 4.78 is 0. The first-order chi connectivity index (χ1) is 9.13. The SMILES string of the molecule is CCSCC(C)NC(=O)CCC(N)c1ccccc1. The highest BCUT2D eigenvalue weighted by Gasteiger charge is 2.10. The molecule has 1 aromatic carbocycles. The third-order valence-corrected chi connectivity index (χ3v) is 4.03. The standard InChI is InChI=1S/C15H24N2OS/c1-3-19-11-12(2)17-15(18)10-9-14(16)13-7-5-4-6-8-13/h4-8,12,14H,3,9-11,16H2,1-2H3,(H,17,18). The average molecular weight is 280 g/mol. The highest BCUT2D eigenvalue weighted by Crippen LogP contribution is 2.15. The molecule has 0 aromatic heterocycles. The Morgan fingerprint density at radius 2 is 2.05 bits per heavy atom. The molecule has 1 amide bonds. The minimum absolute atomic E-state index is 0.0627. The van der Waals surface area contributed by atoms with Gasteiger partial charge in [-0.1, -0.05) is 37.3 Å². The Morgan fingerprint density at radius 3 is 2.68 bits per heavy atom. The Labute approximate surface area is 120 Å². The molecule has 0 saturated heterocycles. The summed E-state index contributed by atoms with van der Waals surface area (Å²) >= 11 is 1.84. The highest BCUT2D eigenvalue weighted by molar-refractivity contribution is 7.99. The second kappa shape index (κ2) is 8.99.